The lowest BCUT2D eigenvalue weighted by Gasteiger charge is -2.43. The third-order valence-electron chi connectivity index (χ3n) is 8.68. The molecule has 4 aliphatic rings. The molecule has 3 saturated carbocycles. The van der Waals surface area contributed by atoms with Crippen LogP contribution in [0.4, 0.5) is 5.82 Å². The van der Waals surface area contributed by atoms with Crippen molar-refractivity contribution in [1.82, 2.24) is 14.9 Å². The number of aromatic nitrogens is 2. The number of rotatable bonds is 7. The molecule has 1 amide bonds. The number of anilines is 1. The summed E-state index contributed by atoms with van der Waals surface area (Å²) < 4.78 is 5.72. The van der Waals surface area contributed by atoms with Crippen molar-refractivity contribution in [3.05, 3.63) is 54.0 Å². The number of amides is 1. The van der Waals surface area contributed by atoms with Gasteiger partial charge in [-0.05, 0) is 68.0 Å². The van der Waals surface area contributed by atoms with Crippen molar-refractivity contribution in [3.8, 4) is 17.2 Å². The second kappa shape index (κ2) is 9.36. The molecule has 1 aliphatic heterocycles. The van der Waals surface area contributed by atoms with E-state index in [0.29, 0.717) is 37.1 Å². The number of benzene rings is 1. The minimum atomic E-state index is 0.0205. The van der Waals surface area contributed by atoms with Crippen molar-refractivity contribution in [2.45, 2.75) is 57.1 Å². The van der Waals surface area contributed by atoms with E-state index in [-0.39, 0.29) is 24.0 Å². The van der Waals surface area contributed by atoms with E-state index >= 15 is 0 Å². The van der Waals surface area contributed by atoms with E-state index in [0.717, 1.165) is 59.2 Å². The van der Waals surface area contributed by atoms with Gasteiger partial charge in [0.2, 0.25) is 5.91 Å². The van der Waals surface area contributed by atoms with Gasteiger partial charge in [-0.15, -0.1) is 0 Å². The van der Waals surface area contributed by atoms with Crippen LogP contribution in [0.5, 0.6) is 0 Å². The van der Waals surface area contributed by atoms with Crippen LogP contribution >= 0.6 is 0 Å². The Morgan fingerprint density at radius 3 is 2.79 bits per heavy atom. The topological polar surface area (TPSA) is 82.3 Å². The first kappa shape index (κ1) is 23.6. The quantitative estimate of drug-likeness (QED) is 0.453. The fourth-order valence-electron chi connectivity index (χ4n) is 6.29. The maximum Gasteiger partial charge on any atom is 0.228 e. The third-order valence-corrected chi connectivity index (χ3v) is 8.68. The Bertz CT molecular complexity index is 1430. The summed E-state index contributed by atoms with van der Waals surface area (Å²) in [6.07, 6.45) is 9.26. The summed E-state index contributed by atoms with van der Waals surface area (Å²) in [6, 6.07) is 13.0. The van der Waals surface area contributed by atoms with Crippen molar-refractivity contribution in [3.63, 3.8) is 0 Å². The molecule has 3 atom stereocenters. The molecular weight excluding hydrogens is 474 g/mol. The van der Waals surface area contributed by atoms with E-state index in [1.165, 1.54) is 12.8 Å². The molecule has 7 heteroatoms. The van der Waals surface area contributed by atoms with Crippen molar-refractivity contribution < 1.29 is 9.53 Å². The molecule has 7 nitrogen and oxygen atoms in total. The Morgan fingerprint density at radius 2 is 2.03 bits per heavy atom. The summed E-state index contributed by atoms with van der Waals surface area (Å²) in [4.78, 5) is 27.3. The molecule has 3 aromatic rings. The maximum atomic E-state index is 13.4. The number of ether oxygens (including phenoxy) is 1. The van der Waals surface area contributed by atoms with Crippen molar-refractivity contribution in [1.29, 1.82) is 5.26 Å². The Hall–Kier alpha value is -3.50. The van der Waals surface area contributed by atoms with Crippen LogP contribution in [0, 0.1) is 23.2 Å². The fourth-order valence-corrected chi connectivity index (χ4v) is 6.29. The molecule has 2 aromatic heterocycles. The highest BCUT2D eigenvalue weighted by Crippen LogP contribution is 2.47. The van der Waals surface area contributed by atoms with E-state index in [1.54, 1.807) is 0 Å². The molecule has 194 valence electrons. The first-order chi connectivity index (χ1) is 18.7. The monoisotopic (exact) mass is 507 g/mol. The van der Waals surface area contributed by atoms with Crippen LogP contribution in [0.25, 0.3) is 21.9 Å². The van der Waals surface area contributed by atoms with Gasteiger partial charge in [-0.25, -0.2) is 4.98 Å². The van der Waals surface area contributed by atoms with Crippen LogP contribution < -0.4 is 4.90 Å². The standard InChI is InChI=1S/C31H33N5O2/c1-2-38-28-15-26(28)31(37)36-13-12-35(18-27(36)19-6-7-19)30-22(16-32)14-25(29(34-30)20-8-9-20)24-5-3-4-21-17-33-11-10-23(21)24/h3-5,10-11,14,17,19-20,26-28H,2,6-9,12-13,15,18H2,1H3. The molecule has 38 heavy (non-hydrogen) atoms. The average Bonchev–Trinajstić information content (AvgIpc) is 3.81. The second-order valence-corrected chi connectivity index (χ2v) is 11.3. The summed E-state index contributed by atoms with van der Waals surface area (Å²) in [5, 5.41) is 12.5. The Labute approximate surface area is 223 Å². The molecule has 1 aromatic carbocycles. The van der Waals surface area contributed by atoms with Gasteiger partial charge in [0.15, 0.2) is 0 Å². The predicted molar refractivity (Wildman–Crippen MR) is 146 cm³/mol. The zero-order chi connectivity index (χ0) is 25.8. The van der Waals surface area contributed by atoms with Gasteiger partial charge in [0, 0.05) is 55.5 Å². The lowest BCUT2D eigenvalue weighted by Crippen LogP contribution is -2.57. The van der Waals surface area contributed by atoms with Crippen LogP contribution in [-0.2, 0) is 9.53 Å². The predicted octanol–water partition coefficient (Wildman–Crippen LogP) is 4.90. The number of carbonyl (C=O) groups excluding carboxylic acids is 1. The number of hydrogen-bond acceptors (Lipinski definition) is 6. The van der Waals surface area contributed by atoms with Gasteiger partial charge in [0.1, 0.15) is 11.9 Å². The summed E-state index contributed by atoms with van der Waals surface area (Å²) >= 11 is 0. The molecule has 1 saturated heterocycles. The zero-order valence-corrected chi connectivity index (χ0v) is 21.8. The van der Waals surface area contributed by atoms with Crippen LogP contribution in [0.15, 0.2) is 42.7 Å². The highest BCUT2D eigenvalue weighted by Gasteiger charge is 2.50. The lowest BCUT2D eigenvalue weighted by molar-refractivity contribution is -0.136. The molecule has 0 radical (unpaired) electrons. The van der Waals surface area contributed by atoms with Gasteiger partial charge in [0.05, 0.1) is 29.3 Å². The largest absolute Gasteiger partial charge is 0.378 e. The smallest absolute Gasteiger partial charge is 0.228 e. The molecule has 3 aliphatic carbocycles. The van der Waals surface area contributed by atoms with Gasteiger partial charge in [-0.1, -0.05) is 18.2 Å². The minimum Gasteiger partial charge on any atom is -0.378 e. The first-order valence-electron chi connectivity index (χ1n) is 14.1. The molecule has 0 bridgehead atoms. The summed E-state index contributed by atoms with van der Waals surface area (Å²) in [5.74, 6) is 2.04. The molecule has 0 N–H and O–H groups in total. The minimum absolute atomic E-state index is 0.0205. The average molecular weight is 508 g/mol. The summed E-state index contributed by atoms with van der Waals surface area (Å²) in [7, 11) is 0. The molecule has 3 unspecified atom stereocenters. The van der Waals surface area contributed by atoms with Gasteiger partial charge >= 0.3 is 0 Å². The van der Waals surface area contributed by atoms with Crippen molar-refractivity contribution in [2.24, 2.45) is 11.8 Å². The lowest BCUT2D eigenvalue weighted by atomic mass is 9.95. The highest BCUT2D eigenvalue weighted by molar-refractivity contribution is 5.97. The van der Waals surface area contributed by atoms with Crippen LogP contribution in [0.2, 0.25) is 0 Å². The molecule has 7 rings (SSSR count). The molecule has 0 spiro atoms. The Kier molecular flexibility index (Phi) is 5.81. The number of piperazine rings is 1. The highest BCUT2D eigenvalue weighted by atomic mass is 16.5. The summed E-state index contributed by atoms with van der Waals surface area (Å²) in [5.41, 5.74) is 3.89. The second-order valence-electron chi connectivity index (χ2n) is 11.3. The van der Waals surface area contributed by atoms with Gasteiger partial charge in [-0.2, -0.15) is 5.26 Å². The van der Waals surface area contributed by atoms with E-state index in [4.69, 9.17) is 9.72 Å². The number of pyridine rings is 2. The zero-order valence-electron chi connectivity index (χ0n) is 21.8. The first-order valence-corrected chi connectivity index (χ1v) is 14.1. The number of nitrogens with zero attached hydrogens (tertiary/aromatic N) is 5. The van der Waals surface area contributed by atoms with E-state index in [2.05, 4.69) is 45.1 Å². The van der Waals surface area contributed by atoms with Gasteiger partial charge in [-0.3, -0.25) is 9.78 Å². The number of nitriles is 1. The third kappa shape index (κ3) is 4.21. The van der Waals surface area contributed by atoms with E-state index in [9.17, 15) is 10.1 Å². The Morgan fingerprint density at radius 1 is 1.16 bits per heavy atom. The van der Waals surface area contributed by atoms with E-state index in [1.807, 2.05) is 25.4 Å². The SMILES string of the molecule is CCOC1CC1C(=O)N1CCN(c2nc(C3CC3)c(-c3cccc4cnccc34)cc2C#N)CC1C1CC1. The van der Waals surface area contributed by atoms with Gasteiger partial charge in [0.25, 0.3) is 0 Å². The maximum absolute atomic E-state index is 13.4. The van der Waals surface area contributed by atoms with Gasteiger partial charge < -0.3 is 14.5 Å². The van der Waals surface area contributed by atoms with E-state index < -0.39 is 0 Å². The van der Waals surface area contributed by atoms with Crippen molar-refractivity contribution in [2.75, 3.05) is 31.1 Å². The number of hydrogen-bond donors (Lipinski definition) is 0. The van der Waals surface area contributed by atoms with Crippen molar-refractivity contribution >= 4 is 22.5 Å². The molecular formula is C31H33N5O2. The van der Waals surface area contributed by atoms with Crippen LogP contribution in [0.1, 0.15) is 56.2 Å². The Balaban J connectivity index is 1.22. The molecule has 3 heterocycles. The van der Waals surface area contributed by atoms with Crippen LogP contribution in [0.3, 0.4) is 0 Å². The molecule has 4 fully saturated rings. The van der Waals surface area contributed by atoms with Crippen LogP contribution in [-0.4, -0.2) is 59.2 Å². The normalized spacial score (nSPS) is 24.9. The number of carbonyl (C=O) groups is 1. The fraction of sp³-hybridized carbons (Fsp3) is 0.484. The number of fused-ring (bicyclic) bond motifs is 1. The summed E-state index contributed by atoms with van der Waals surface area (Å²) in [6.45, 7) is 4.77.